The number of anilines is 1. The van der Waals surface area contributed by atoms with E-state index in [-0.39, 0.29) is 0 Å². The molecule has 0 aliphatic carbocycles. The summed E-state index contributed by atoms with van der Waals surface area (Å²) in [7, 11) is 0. The van der Waals surface area contributed by atoms with Crippen LogP contribution in [-0.2, 0) is 13.0 Å². The van der Waals surface area contributed by atoms with E-state index in [0.29, 0.717) is 0 Å². The molecule has 0 spiro atoms. The number of rotatable bonds is 6. The number of aromatic nitrogens is 1. The van der Waals surface area contributed by atoms with Crippen molar-refractivity contribution in [3.8, 4) is 0 Å². The lowest BCUT2D eigenvalue weighted by Crippen LogP contribution is -2.25. The van der Waals surface area contributed by atoms with E-state index in [1.807, 2.05) is 0 Å². The number of hydrogen-bond acceptors (Lipinski definition) is 4. The molecule has 3 rings (SSSR count). The molecule has 1 aliphatic rings. The molecule has 0 atom stereocenters. The van der Waals surface area contributed by atoms with E-state index >= 15 is 0 Å². The van der Waals surface area contributed by atoms with E-state index in [2.05, 4.69) is 39.5 Å². The Bertz CT molecular complexity index is 570. The minimum Gasteiger partial charge on any atom is -0.371 e. The number of thiazole rings is 1. The van der Waals surface area contributed by atoms with Gasteiger partial charge in [0.15, 0.2) is 0 Å². The average Bonchev–Trinajstić information content (AvgIpc) is 3.05. The molecule has 2 heterocycles. The van der Waals surface area contributed by atoms with E-state index in [1.165, 1.54) is 17.7 Å². The average molecular weight is 308 g/mol. The number of benzene rings is 1. The fourth-order valence-corrected chi connectivity index (χ4v) is 3.52. The molecule has 0 unspecified atom stereocenters. The van der Waals surface area contributed by atoms with Crippen molar-refractivity contribution in [1.29, 1.82) is 0 Å². The lowest BCUT2D eigenvalue weighted by Gasteiger charge is -2.19. The van der Waals surface area contributed by atoms with E-state index in [0.717, 1.165) is 41.9 Å². The number of fused-ring (bicyclic) bond motifs is 1. The maximum atomic E-state index is 5.86. The van der Waals surface area contributed by atoms with Gasteiger partial charge in [0.25, 0.3) is 0 Å². The molecular weight excluding hydrogens is 290 g/mol. The minimum absolute atomic E-state index is 0.760. The molecule has 3 nitrogen and oxygen atoms in total. The number of nitrogens with zero attached hydrogens (tertiary/aromatic N) is 2. The molecular formula is C15H18ClN3S. The second-order valence-electron chi connectivity index (χ2n) is 4.95. The van der Waals surface area contributed by atoms with Crippen molar-refractivity contribution < 1.29 is 0 Å². The van der Waals surface area contributed by atoms with Gasteiger partial charge in [-0.3, -0.25) is 0 Å². The zero-order chi connectivity index (χ0) is 13.8. The van der Waals surface area contributed by atoms with E-state index in [4.69, 9.17) is 11.6 Å². The first kappa shape index (κ1) is 13.9. The summed E-state index contributed by atoms with van der Waals surface area (Å²) in [4.78, 5) is 6.72. The highest BCUT2D eigenvalue weighted by atomic mass is 35.5. The number of hydrogen-bond donors (Lipinski definition) is 1. The van der Waals surface area contributed by atoms with Crippen LogP contribution in [0.3, 0.4) is 0 Å². The summed E-state index contributed by atoms with van der Waals surface area (Å²) in [5.41, 5.74) is 2.90. The Hall–Kier alpha value is -1.10. The Morgan fingerprint density at radius 3 is 3.10 bits per heavy atom. The third-order valence-corrected chi connectivity index (χ3v) is 4.68. The molecule has 106 valence electrons. The van der Waals surface area contributed by atoms with Crippen LogP contribution in [0, 0.1) is 0 Å². The Morgan fingerprint density at radius 2 is 2.25 bits per heavy atom. The van der Waals surface area contributed by atoms with Gasteiger partial charge in [-0.1, -0.05) is 29.8 Å². The van der Waals surface area contributed by atoms with Crippen LogP contribution in [0.25, 0.3) is 0 Å². The van der Waals surface area contributed by atoms with Crippen molar-refractivity contribution in [1.82, 2.24) is 10.3 Å². The van der Waals surface area contributed by atoms with Crippen LogP contribution >= 0.6 is 22.9 Å². The number of para-hydroxylation sites is 1. The smallest absolute Gasteiger partial charge is 0.113 e. The first-order chi connectivity index (χ1) is 9.83. The first-order valence-corrected chi connectivity index (χ1v) is 8.16. The molecule has 2 aromatic rings. The number of halogens is 1. The van der Waals surface area contributed by atoms with Gasteiger partial charge >= 0.3 is 0 Å². The van der Waals surface area contributed by atoms with E-state index in [9.17, 15) is 0 Å². The standard InChI is InChI=1S/C15H18ClN3S/c16-14-10-18-15(20-14)11-17-7-3-8-19-9-6-12-4-1-2-5-13(12)19/h1-2,4-5,10,17H,3,6-9,11H2. The molecule has 0 radical (unpaired) electrons. The van der Waals surface area contributed by atoms with Crippen molar-refractivity contribution in [2.45, 2.75) is 19.4 Å². The molecule has 0 saturated carbocycles. The van der Waals surface area contributed by atoms with Gasteiger partial charge in [-0.25, -0.2) is 4.98 Å². The summed E-state index contributed by atoms with van der Waals surface area (Å²) in [6, 6.07) is 8.72. The van der Waals surface area contributed by atoms with Crippen molar-refractivity contribution >= 4 is 28.6 Å². The second kappa shape index (κ2) is 6.57. The van der Waals surface area contributed by atoms with Crippen LogP contribution < -0.4 is 10.2 Å². The molecule has 0 amide bonds. The second-order valence-corrected chi connectivity index (χ2v) is 6.70. The summed E-state index contributed by atoms with van der Waals surface area (Å²) < 4.78 is 0.760. The third kappa shape index (κ3) is 3.32. The van der Waals surface area contributed by atoms with Crippen molar-refractivity contribution in [2.24, 2.45) is 0 Å². The summed E-state index contributed by atoms with van der Waals surface area (Å²) in [5.74, 6) is 0. The van der Waals surface area contributed by atoms with Gasteiger partial charge in [0.05, 0.1) is 6.20 Å². The van der Waals surface area contributed by atoms with Gasteiger partial charge < -0.3 is 10.2 Å². The van der Waals surface area contributed by atoms with Gasteiger partial charge in [0, 0.05) is 25.3 Å². The van der Waals surface area contributed by atoms with Crippen LogP contribution in [0.4, 0.5) is 5.69 Å². The maximum Gasteiger partial charge on any atom is 0.113 e. The largest absolute Gasteiger partial charge is 0.371 e. The zero-order valence-corrected chi connectivity index (χ0v) is 12.9. The predicted octanol–water partition coefficient (Wildman–Crippen LogP) is 3.34. The van der Waals surface area contributed by atoms with Gasteiger partial charge in [-0.15, -0.1) is 11.3 Å². The first-order valence-electron chi connectivity index (χ1n) is 6.97. The Kier molecular flexibility index (Phi) is 4.55. The van der Waals surface area contributed by atoms with Gasteiger partial charge in [0.2, 0.25) is 0 Å². The van der Waals surface area contributed by atoms with Gasteiger partial charge in [0.1, 0.15) is 9.34 Å². The van der Waals surface area contributed by atoms with E-state index < -0.39 is 0 Å². The molecule has 20 heavy (non-hydrogen) atoms. The normalized spacial score (nSPS) is 13.8. The third-order valence-electron chi connectivity index (χ3n) is 3.57. The topological polar surface area (TPSA) is 28.2 Å². The highest BCUT2D eigenvalue weighted by Gasteiger charge is 2.17. The van der Waals surface area contributed by atoms with Crippen molar-refractivity contribution in [3.05, 3.63) is 45.4 Å². The molecule has 1 aliphatic heterocycles. The van der Waals surface area contributed by atoms with Crippen molar-refractivity contribution in [3.63, 3.8) is 0 Å². The molecule has 1 aromatic heterocycles. The summed E-state index contributed by atoms with van der Waals surface area (Å²) in [6.45, 7) is 4.09. The Labute approximate surface area is 128 Å². The highest BCUT2D eigenvalue weighted by molar-refractivity contribution is 7.15. The highest BCUT2D eigenvalue weighted by Crippen LogP contribution is 2.27. The lowest BCUT2D eigenvalue weighted by atomic mass is 10.2. The Balaban J connectivity index is 1.39. The van der Waals surface area contributed by atoms with Gasteiger partial charge in [-0.05, 0) is 31.0 Å². The summed E-state index contributed by atoms with van der Waals surface area (Å²) in [6.07, 6.45) is 4.04. The summed E-state index contributed by atoms with van der Waals surface area (Å²) in [5, 5.41) is 4.48. The maximum absolute atomic E-state index is 5.86. The molecule has 1 N–H and O–H groups in total. The summed E-state index contributed by atoms with van der Waals surface area (Å²) >= 11 is 7.40. The fraction of sp³-hybridized carbons (Fsp3) is 0.400. The quantitative estimate of drug-likeness (QED) is 0.830. The SMILES string of the molecule is Clc1cnc(CNCCCN2CCc3ccccc32)s1. The zero-order valence-electron chi connectivity index (χ0n) is 11.3. The van der Waals surface area contributed by atoms with Gasteiger partial charge in [-0.2, -0.15) is 0 Å². The van der Waals surface area contributed by atoms with Crippen LogP contribution in [0.5, 0.6) is 0 Å². The van der Waals surface area contributed by atoms with Crippen LogP contribution in [0.15, 0.2) is 30.5 Å². The molecule has 0 saturated heterocycles. The minimum atomic E-state index is 0.760. The Morgan fingerprint density at radius 1 is 1.35 bits per heavy atom. The molecule has 1 aromatic carbocycles. The monoisotopic (exact) mass is 307 g/mol. The fourth-order valence-electron chi connectivity index (χ4n) is 2.60. The van der Waals surface area contributed by atoms with Crippen LogP contribution in [-0.4, -0.2) is 24.6 Å². The lowest BCUT2D eigenvalue weighted by molar-refractivity contribution is 0.637. The van der Waals surface area contributed by atoms with Crippen LogP contribution in [0.2, 0.25) is 4.34 Å². The molecule has 0 bridgehead atoms. The van der Waals surface area contributed by atoms with E-state index in [1.54, 1.807) is 17.5 Å². The number of nitrogens with one attached hydrogen (secondary N) is 1. The molecule has 5 heteroatoms. The predicted molar refractivity (Wildman–Crippen MR) is 85.8 cm³/mol. The van der Waals surface area contributed by atoms with Crippen LogP contribution in [0.1, 0.15) is 17.0 Å². The molecule has 0 fully saturated rings. The van der Waals surface area contributed by atoms with Crippen molar-refractivity contribution in [2.75, 3.05) is 24.5 Å².